The zero-order chi connectivity index (χ0) is 22.8. The Bertz CT molecular complexity index is 914. The van der Waals surface area contributed by atoms with Crippen LogP contribution in [0.15, 0.2) is 36.7 Å². The Kier molecular flexibility index (Phi) is 6.71. The van der Waals surface area contributed by atoms with Crippen molar-refractivity contribution in [1.29, 1.82) is 0 Å². The lowest BCUT2D eigenvalue weighted by molar-refractivity contribution is -0.156. The van der Waals surface area contributed by atoms with Crippen LogP contribution in [0.4, 0.5) is 0 Å². The van der Waals surface area contributed by atoms with Gasteiger partial charge in [0.05, 0.1) is 11.8 Å². The van der Waals surface area contributed by atoms with E-state index < -0.39 is 17.1 Å². The lowest BCUT2D eigenvalue weighted by Gasteiger charge is -2.51. The molecule has 1 saturated heterocycles. The number of benzene rings is 1. The summed E-state index contributed by atoms with van der Waals surface area (Å²) in [5.74, 6) is -0.535. The molecule has 0 saturated carbocycles. The van der Waals surface area contributed by atoms with Crippen LogP contribution in [0.5, 0.6) is 0 Å². The molecule has 0 bridgehead atoms. The van der Waals surface area contributed by atoms with Gasteiger partial charge in [-0.3, -0.25) is 9.59 Å². The number of nitrogens with zero attached hydrogens (tertiary/aromatic N) is 4. The highest BCUT2D eigenvalue weighted by molar-refractivity contribution is 6.30. The Morgan fingerprint density at radius 3 is 2.48 bits per heavy atom. The minimum Gasteiger partial charge on any atom is -0.384 e. The monoisotopic (exact) mass is 447 g/mol. The minimum absolute atomic E-state index is 0.00168. The van der Waals surface area contributed by atoms with E-state index in [-0.39, 0.29) is 24.3 Å². The molecule has 8 nitrogen and oxygen atoms in total. The van der Waals surface area contributed by atoms with Crippen molar-refractivity contribution in [3.05, 3.63) is 47.2 Å². The number of hydrogen-bond acceptors (Lipinski definition) is 5. The van der Waals surface area contributed by atoms with Crippen LogP contribution in [0.2, 0.25) is 5.02 Å². The fourth-order valence-corrected chi connectivity index (χ4v) is 4.29. The SMILES string of the molecule is CC(C)[C@@H](NC(=O)Cn1ccnn1)C(=O)N1CC[C@](O)(c2ccc(Cl)cc2)C(C)(C)C1. The molecular weight excluding hydrogens is 418 g/mol. The van der Waals surface area contributed by atoms with E-state index in [1.165, 1.54) is 10.9 Å². The first-order chi connectivity index (χ1) is 14.5. The molecule has 0 radical (unpaired) electrons. The van der Waals surface area contributed by atoms with Crippen LogP contribution in [-0.2, 0) is 21.7 Å². The Hall–Kier alpha value is -2.45. The molecule has 0 aliphatic carbocycles. The van der Waals surface area contributed by atoms with Gasteiger partial charge in [0.1, 0.15) is 12.6 Å². The van der Waals surface area contributed by atoms with Gasteiger partial charge in [-0.15, -0.1) is 5.10 Å². The highest BCUT2D eigenvalue weighted by Gasteiger charge is 2.50. The van der Waals surface area contributed by atoms with Gasteiger partial charge >= 0.3 is 0 Å². The summed E-state index contributed by atoms with van der Waals surface area (Å²) in [6, 6.07) is 6.55. The van der Waals surface area contributed by atoms with Gasteiger partial charge in [-0.05, 0) is 30.0 Å². The van der Waals surface area contributed by atoms with Gasteiger partial charge in [0, 0.05) is 29.7 Å². The maximum Gasteiger partial charge on any atom is 0.245 e. The molecule has 31 heavy (non-hydrogen) atoms. The van der Waals surface area contributed by atoms with Crippen LogP contribution < -0.4 is 5.32 Å². The first kappa shape index (κ1) is 23.2. The lowest BCUT2D eigenvalue weighted by Crippen LogP contribution is -2.60. The van der Waals surface area contributed by atoms with E-state index in [0.717, 1.165) is 5.56 Å². The van der Waals surface area contributed by atoms with Gasteiger partial charge in [-0.2, -0.15) is 0 Å². The number of hydrogen-bond donors (Lipinski definition) is 2. The molecular formula is C22H30ClN5O3. The summed E-state index contributed by atoms with van der Waals surface area (Å²) in [7, 11) is 0. The fourth-order valence-electron chi connectivity index (χ4n) is 4.16. The van der Waals surface area contributed by atoms with Crippen LogP contribution >= 0.6 is 11.6 Å². The van der Waals surface area contributed by atoms with Crippen molar-refractivity contribution in [3.8, 4) is 0 Å². The van der Waals surface area contributed by atoms with Crippen molar-refractivity contribution in [3.63, 3.8) is 0 Å². The van der Waals surface area contributed by atoms with E-state index >= 15 is 0 Å². The molecule has 1 aromatic carbocycles. The second-order valence-electron chi connectivity index (χ2n) is 9.15. The van der Waals surface area contributed by atoms with Crippen LogP contribution in [0.1, 0.15) is 39.7 Å². The number of piperidine rings is 1. The van der Waals surface area contributed by atoms with E-state index in [4.69, 9.17) is 11.6 Å². The molecule has 1 aromatic heterocycles. The van der Waals surface area contributed by atoms with E-state index in [1.807, 2.05) is 39.8 Å². The zero-order valence-corrected chi connectivity index (χ0v) is 19.1. The molecule has 2 amide bonds. The van der Waals surface area contributed by atoms with E-state index in [1.54, 1.807) is 23.2 Å². The van der Waals surface area contributed by atoms with E-state index in [0.29, 0.717) is 24.5 Å². The molecule has 1 fully saturated rings. The molecule has 2 heterocycles. The lowest BCUT2D eigenvalue weighted by atomic mass is 9.66. The molecule has 1 aliphatic heterocycles. The Labute approximate surface area is 187 Å². The van der Waals surface area contributed by atoms with Gasteiger partial charge in [0.15, 0.2) is 0 Å². The van der Waals surface area contributed by atoms with Crippen molar-refractivity contribution in [1.82, 2.24) is 25.2 Å². The number of carbonyl (C=O) groups excluding carboxylic acids is 2. The first-order valence-electron chi connectivity index (χ1n) is 10.4. The summed E-state index contributed by atoms with van der Waals surface area (Å²) in [5.41, 5.74) is -0.894. The van der Waals surface area contributed by atoms with E-state index in [2.05, 4.69) is 15.6 Å². The molecule has 2 atom stereocenters. The summed E-state index contributed by atoms with van der Waals surface area (Å²) in [5, 5.41) is 22.5. The normalized spacial score (nSPS) is 21.7. The van der Waals surface area contributed by atoms with Crippen molar-refractivity contribution in [2.75, 3.05) is 13.1 Å². The third kappa shape index (κ3) is 4.91. The van der Waals surface area contributed by atoms with Gasteiger partial charge in [0.2, 0.25) is 11.8 Å². The number of halogens is 1. The average molecular weight is 448 g/mol. The Morgan fingerprint density at radius 2 is 1.94 bits per heavy atom. The van der Waals surface area contributed by atoms with Crippen molar-refractivity contribution in [2.45, 2.75) is 52.3 Å². The van der Waals surface area contributed by atoms with Gasteiger partial charge in [-0.1, -0.05) is 56.6 Å². The third-order valence-corrected chi connectivity index (χ3v) is 6.36. The minimum atomic E-state index is -1.09. The Morgan fingerprint density at radius 1 is 1.26 bits per heavy atom. The van der Waals surface area contributed by atoms with Crippen molar-refractivity contribution >= 4 is 23.4 Å². The summed E-state index contributed by atoms with van der Waals surface area (Å²) >= 11 is 6.00. The smallest absolute Gasteiger partial charge is 0.245 e. The summed E-state index contributed by atoms with van der Waals surface area (Å²) < 4.78 is 1.41. The number of amides is 2. The number of carbonyl (C=O) groups is 2. The second-order valence-corrected chi connectivity index (χ2v) is 9.59. The number of aliphatic hydroxyl groups is 1. The quantitative estimate of drug-likeness (QED) is 0.707. The molecule has 2 N–H and O–H groups in total. The van der Waals surface area contributed by atoms with Gasteiger partial charge in [-0.25, -0.2) is 4.68 Å². The number of aromatic nitrogens is 3. The first-order valence-corrected chi connectivity index (χ1v) is 10.8. The van der Waals surface area contributed by atoms with Crippen molar-refractivity contribution < 1.29 is 14.7 Å². The summed E-state index contributed by atoms with van der Waals surface area (Å²) in [4.78, 5) is 27.5. The maximum atomic E-state index is 13.3. The molecule has 0 unspecified atom stereocenters. The van der Waals surface area contributed by atoms with Crippen LogP contribution in [-0.4, -0.2) is 55.9 Å². The fraction of sp³-hybridized carbons (Fsp3) is 0.545. The van der Waals surface area contributed by atoms with Crippen LogP contribution in [0.25, 0.3) is 0 Å². The number of rotatable bonds is 6. The Balaban J connectivity index is 1.72. The second kappa shape index (κ2) is 8.96. The van der Waals surface area contributed by atoms with Gasteiger partial charge in [0.25, 0.3) is 0 Å². The zero-order valence-electron chi connectivity index (χ0n) is 18.4. The predicted molar refractivity (Wildman–Crippen MR) is 117 cm³/mol. The molecule has 0 spiro atoms. The van der Waals surface area contributed by atoms with Gasteiger partial charge < -0.3 is 15.3 Å². The highest BCUT2D eigenvalue weighted by Crippen LogP contribution is 2.46. The molecule has 168 valence electrons. The highest BCUT2D eigenvalue weighted by atomic mass is 35.5. The number of nitrogens with one attached hydrogen (secondary N) is 1. The largest absolute Gasteiger partial charge is 0.384 e. The molecule has 9 heteroatoms. The standard InChI is InChI=1S/C22H30ClN5O3/c1-15(2)19(25-18(29)13-28-12-10-24-26-28)20(30)27-11-9-22(31,21(3,4)14-27)16-5-7-17(23)8-6-16/h5-8,10,12,15,19,31H,9,11,13-14H2,1-4H3,(H,25,29)/t19-,22+/m1/s1. The molecule has 1 aliphatic rings. The van der Waals surface area contributed by atoms with Crippen LogP contribution in [0.3, 0.4) is 0 Å². The molecule has 2 aromatic rings. The van der Waals surface area contributed by atoms with Crippen LogP contribution in [0, 0.1) is 11.3 Å². The third-order valence-electron chi connectivity index (χ3n) is 6.11. The van der Waals surface area contributed by atoms with E-state index in [9.17, 15) is 14.7 Å². The summed E-state index contributed by atoms with van der Waals surface area (Å²) in [6.45, 7) is 8.47. The predicted octanol–water partition coefficient (Wildman–Crippen LogP) is 2.22. The number of likely N-dealkylation sites (tertiary alicyclic amines) is 1. The van der Waals surface area contributed by atoms with Crippen molar-refractivity contribution in [2.24, 2.45) is 11.3 Å². The maximum absolute atomic E-state index is 13.3. The summed E-state index contributed by atoms with van der Waals surface area (Å²) in [6.07, 6.45) is 3.48. The average Bonchev–Trinajstić information content (AvgIpc) is 3.21. The molecule has 3 rings (SSSR count). The topological polar surface area (TPSA) is 100 Å².